The van der Waals surface area contributed by atoms with Crippen LogP contribution in [0.1, 0.15) is 6.42 Å². The zero-order valence-electron chi connectivity index (χ0n) is 12.0. The molecule has 116 valence electrons. The van der Waals surface area contributed by atoms with Gasteiger partial charge in [0.15, 0.2) is 0 Å². The highest BCUT2D eigenvalue weighted by Gasteiger charge is 2.41. The fraction of sp³-hybridized carbons (Fsp3) is 0.125. The fourth-order valence-corrected chi connectivity index (χ4v) is 3.18. The van der Waals surface area contributed by atoms with E-state index in [4.69, 9.17) is 0 Å². The number of para-hydroxylation sites is 1. The summed E-state index contributed by atoms with van der Waals surface area (Å²) in [5.74, 6) is -0.307. The lowest BCUT2D eigenvalue weighted by Crippen LogP contribution is -2.32. The Morgan fingerprint density at radius 3 is 2.57 bits per heavy atom. The van der Waals surface area contributed by atoms with Crippen LogP contribution in [0.5, 0.6) is 0 Å². The van der Waals surface area contributed by atoms with Gasteiger partial charge < -0.3 is 5.32 Å². The lowest BCUT2D eigenvalue weighted by molar-refractivity contribution is -0.121. The molecule has 7 heteroatoms. The number of amides is 3. The van der Waals surface area contributed by atoms with Crippen LogP contribution in [0.15, 0.2) is 54.7 Å². The highest BCUT2D eigenvalue weighted by atomic mass is 32.2. The van der Waals surface area contributed by atoms with E-state index in [1.165, 1.54) is 0 Å². The molecule has 0 spiro atoms. The van der Waals surface area contributed by atoms with Crippen LogP contribution >= 0.6 is 11.8 Å². The molecule has 1 unspecified atom stereocenters. The van der Waals surface area contributed by atoms with E-state index in [0.29, 0.717) is 11.5 Å². The maximum Gasteiger partial charge on any atom is 0.293 e. The summed E-state index contributed by atoms with van der Waals surface area (Å²) in [5.41, 5.74) is 0.516. The number of benzene rings is 1. The van der Waals surface area contributed by atoms with Crippen LogP contribution < -0.4 is 10.2 Å². The lowest BCUT2D eigenvalue weighted by atomic mass is 10.2. The Morgan fingerprint density at radius 2 is 1.87 bits per heavy atom. The maximum absolute atomic E-state index is 12.4. The molecule has 0 bridgehead atoms. The molecule has 1 aliphatic heterocycles. The summed E-state index contributed by atoms with van der Waals surface area (Å²) in [5, 5.41) is 1.53. The zero-order chi connectivity index (χ0) is 16.2. The number of nitrogens with zero attached hydrogens (tertiary/aromatic N) is 2. The molecular weight excluding hydrogens is 314 g/mol. The summed E-state index contributed by atoms with van der Waals surface area (Å²) in [4.78, 5) is 41.6. The standard InChI is InChI=1S/C16H13N3O3S/c20-14(18-13-8-4-5-9-17-13)10-12-15(21)19(16(22)23-12)11-6-2-1-3-7-11/h1-9,12H,10H2,(H,17,18,20). The van der Waals surface area contributed by atoms with E-state index in [1.54, 1.807) is 54.7 Å². The Bertz CT molecular complexity index is 737. The van der Waals surface area contributed by atoms with Crippen molar-refractivity contribution in [1.29, 1.82) is 0 Å². The molecule has 6 nitrogen and oxygen atoms in total. The molecule has 23 heavy (non-hydrogen) atoms. The third kappa shape index (κ3) is 3.40. The Balaban J connectivity index is 1.67. The van der Waals surface area contributed by atoms with Crippen molar-refractivity contribution in [3.63, 3.8) is 0 Å². The summed E-state index contributed by atoms with van der Waals surface area (Å²) in [7, 11) is 0. The molecule has 3 amide bonds. The zero-order valence-corrected chi connectivity index (χ0v) is 12.8. The van der Waals surface area contributed by atoms with Gasteiger partial charge in [0.25, 0.3) is 5.24 Å². The number of rotatable bonds is 4. The van der Waals surface area contributed by atoms with Crippen molar-refractivity contribution in [2.75, 3.05) is 10.2 Å². The van der Waals surface area contributed by atoms with Crippen molar-refractivity contribution >= 4 is 40.3 Å². The number of pyridine rings is 1. The van der Waals surface area contributed by atoms with Gasteiger partial charge in [-0.1, -0.05) is 24.3 Å². The number of hydrogen-bond donors (Lipinski definition) is 1. The van der Waals surface area contributed by atoms with E-state index in [1.807, 2.05) is 0 Å². The van der Waals surface area contributed by atoms with Crippen LogP contribution in [0.25, 0.3) is 0 Å². The number of imide groups is 1. The third-order valence-electron chi connectivity index (χ3n) is 3.24. The Labute approximate surface area is 136 Å². The van der Waals surface area contributed by atoms with Crippen molar-refractivity contribution in [2.45, 2.75) is 11.7 Å². The van der Waals surface area contributed by atoms with Gasteiger partial charge in [-0.25, -0.2) is 9.88 Å². The van der Waals surface area contributed by atoms with Crippen molar-refractivity contribution in [3.8, 4) is 0 Å². The first kappa shape index (κ1) is 15.2. The number of carbonyl (C=O) groups is 3. The minimum absolute atomic E-state index is 0.0743. The Kier molecular flexibility index (Phi) is 4.38. The minimum atomic E-state index is -0.716. The first-order valence-corrected chi connectivity index (χ1v) is 7.83. The molecule has 1 saturated heterocycles. The molecule has 1 aromatic carbocycles. The molecule has 0 radical (unpaired) electrons. The van der Waals surface area contributed by atoms with Crippen molar-refractivity contribution in [1.82, 2.24) is 4.98 Å². The largest absolute Gasteiger partial charge is 0.311 e. The Morgan fingerprint density at radius 1 is 1.13 bits per heavy atom. The van der Waals surface area contributed by atoms with Gasteiger partial charge >= 0.3 is 0 Å². The highest BCUT2D eigenvalue weighted by molar-refractivity contribution is 8.15. The number of hydrogen-bond acceptors (Lipinski definition) is 5. The maximum atomic E-state index is 12.4. The van der Waals surface area contributed by atoms with Crippen LogP contribution in [0.4, 0.5) is 16.3 Å². The van der Waals surface area contributed by atoms with Gasteiger partial charge in [-0.2, -0.15) is 0 Å². The van der Waals surface area contributed by atoms with Crippen LogP contribution in [-0.2, 0) is 9.59 Å². The molecule has 3 rings (SSSR count). The van der Waals surface area contributed by atoms with Crippen LogP contribution in [-0.4, -0.2) is 27.3 Å². The van der Waals surface area contributed by atoms with Gasteiger partial charge in [0.05, 0.1) is 5.69 Å². The minimum Gasteiger partial charge on any atom is -0.311 e. The summed E-state index contributed by atoms with van der Waals surface area (Å²) in [6, 6.07) is 13.8. The summed E-state index contributed by atoms with van der Waals surface area (Å²) < 4.78 is 0. The second kappa shape index (κ2) is 6.62. The first-order chi connectivity index (χ1) is 11.1. The second-order valence-electron chi connectivity index (χ2n) is 4.85. The molecule has 2 aromatic rings. The Hall–Kier alpha value is -2.67. The van der Waals surface area contributed by atoms with Crippen LogP contribution in [0.3, 0.4) is 0 Å². The summed E-state index contributed by atoms with van der Waals surface area (Å²) in [6.45, 7) is 0. The van der Waals surface area contributed by atoms with E-state index in [2.05, 4.69) is 10.3 Å². The van der Waals surface area contributed by atoms with Gasteiger partial charge in [-0.05, 0) is 36.0 Å². The quantitative estimate of drug-likeness (QED) is 0.934. The molecule has 1 fully saturated rings. The number of nitrogens with one attached hydrogen (secondary N) is 1. The fourth-order valence-electron chi connectivity index (χ4n) is 2.20. The van der Waals surface area contributed by atoms with E-state index >= 15 is 0 Å². The summed E-state index contributed by atoms with van der Waals surface area (Å²) in [6.07, 6.45) is 1.49. The van der Waals surface area contributed by atoms with E-state index in [9.17, 15) is 14.4 Å². The van der Waals surface area contributed by atoms with Crippen molar-refractivity contribution in [3.05, 3.63) is 54.7 Å². The molecule has 1 aliphatic rings. The van der Waals surface area contributed by atoms with E-state index in [0.717, 1.165) is 16.7 Å². The van der Waals surface area contributed by atoms with E-state index in [-0.39, 0.29) is 23.5 Å². The van der Waals surface area contributed by atoms with Crippen LogP contribution in [0.2, 0.25) is 0 Å². The van der Waals surface area contributed by atoms with Gasteiger partial charge in [0.2, 0.25) is 11.8 Å². The highest BCUT2D eigenvalue weighted by Crippen LogP contribution is 2.33. The number of thioether (sulfide) groups is 1. The van der Waals surface area contributed by atoms with Gasteiger partial charge in [-0.15, -0.1) is 0 Å². The average molecular weight is 327 g/mol. The molecule has 1 atom stereocenters. The second-order valence-corrected chi connectivity index (χ2v) is 6.00. The van der Waals surface area contributed by atoms with Crippen LogP contribution in [0, 0.1) is 0 Å². The molecule has 2 heterocycles. The number of anilines is 2. The molecule has 1 aromatic heterocycles. The van der Waals surface area contributed by atoms with Gasteiger partial charge in [0, 0.05) is 12.6 Å². The topological polar surface area (TPSA) is 79.4 Å². The normalized spacial score (nSPS) is 17.4. The average Bonchev–Trinajstić information content (AvgIpc) is 2.83. The van der Waals surface area contributed by atoms with E-state index < -0.39 is 5.25 Å². The van der Waals surface area contributed by atoms with Crippen molar-refractivity contribution < 1.29 is 14.4 Å². The van der Waals surface area contributed by atoms with Gasteiger partial charge in [-0.3, -0.25) is 14.4 Å². The predicted molar refractivity (Wildman–Crippen MR) is 88.2 cm³/mol. The lowest BCUT2D eigenvalue weighted by Gasteiger charge is -2.13. The van der Waals surface area contributed by atoms with Crippen molar-refractivity contribution in [2.24, 2.45) is 0 Å². The smallest absolute Gasteiger partial charge is 0.293 e. The van der Waals surface area contributed by atoms with Gasteiger partial charge in [0.1, 0.15) is 11.1 Å². The molecule has 0 saturated carbocycles. The number of carbonyl (C=O) groups excluding carboxylic acids is 3. The first-order valence-electron chi connectivity index (χ1n) is 6.95. The molecule has 0 aliphatic carbocycles. The molecular formula is C16H13N3O3S. The third-order valence-corrected chi connectivity index (χ3v) is 4.28. The number of aromatic nitrogens is 1. The predicted octanol–water partition coefficient (Wildman–Crippen LogP) is 2.68. The SMILES string of the molecule is O=C(CC1SC(=O)N(c2ccccc2)C1=O)Nc1ccccn1. The monoisotopic (exact) mass is 327 g/mol. The molecule has 1 N–H and O–H groups in total. The summed E-state index contributed by atoms with van der Waals surface area (Å²) >= 11 is 0.872.